The van der Waals surface area contributed by atoms with Crippen LogP contribution in [0.4, 0.5) is 11.6 Å². The van der Waals surface area contributed by atoms with Gasteiger partial charge >= 0.3 is 11.8 Å². The third-order valence-corrected chi connectivity index (χ3v) is 3.13. The zero-order valence-electron chi connectivity index (χ0n) is 11.9. The fourth-order valence-electron chi connectivity index (χ4n) is 1.63. The zero-order valence-corrected chi connectivity index (χ0v) is 12.6. The normalized spacial score (nSPS) is 9.95. The molecule has 0 aliphatic heterocycles. The summed E-state index contributed by atoms with van der Waals surface area (Å²) < 4.78 is 5.12. The molecule has 0 bridgehead atoms. The number of hydrogen-bond acceptors (Lipinski definition) is 5. The molecule has 1 aromatic heterocycles. The number of carbonyl (C=O) groups excluding carboxylic acids is 2. The lowest BCUT2D eigenvalue weighted by molar-refractivity contribution is -0.133. The number of methoxy groups -OCH3 is 1. The standard InChI is InChI=1S/C14H13ClN4O3/c1-8-6-10(11(22-2)7-9(8)15)18-12(20)13(21)19-14-16-4-3-5-17-14/h3-7H,1-2H3,(H,18,20)(H,16,17,19,21). The van der Waals surface area contributed by atoms with Gasteiger partial charge in [-0.1, -0.05) is 11.6 Å². The van der Waals surface area contributed by atoms with Crippen LogP contribution in [0.25, 0.3) is 0 Å². The molecule has 0 spiro atoms. The van der Waals surface area contributed by atoms with Crippen molar-refractivity contribution in [2.75, 3.05) is 17.7 Å². The van der Waals surface area contributed by atoms with Gasteiger partial charge in [0.15, 0.2) is 0 Å². The number of anilines is 2. The van der Waals surface area contributed by atoms with Crippen molar-refractivity contribution in [3.63, 3.8) is 0 Å². The summed E-state index contributed by atoms with van der Waals surface area (Å²) in [5.41, 5.74) is 1.09. The number of hydrogen-bond donors (Lipinski definition) is 2. The Bertz CT molecular complexity index is 707. The van der Waals surface area contributed by atoms with E-state index in [2.05, 4.69) is 20.6 Å². The maximum absolute atomic E-state index is 11.9. The molecule has 2 N–H and O–H groups in total. The van der Waals surface area contributed by atoms with Crippen molar-refractivity contribution < 1.29 is 14.3 Å². The van der Waals surface area contributed by atoms with Crippen molar-refractivity contribution in [2.24, 2.45) is 0 Å². The van der Waals surface area contributed by atoms with Crippen molar-refractivity contribution in [3.05, 3.63) is 41.2 Å². The number of aromatic nitrogens is 2. The van der Waals surface area contributed by atoms with Gasteiger partial charge in [-0.15, -0.1) is 0 Å². The maximum Gasteiger partial charge on any atom is 0.316 e. The van der Waals surface area contributed by atoms with Gasteiger partial charge < -0.3 is 10.1 Å². The van der Waals surface area contributed by atoms with Crippen LogP contribution in [0, 0.1) is 6.92 Å². The summed E-state index contributed by atoms with van der Waals surface area (Å²) in [5.74, 6) is -1.36. The first kappa shape index (κ1) is 15.7. The Hall–Kier alpha value is -2.67. The number of rotatable bonds is 3. The molecule has 1 aromatic carbocycles. The molecule has 2 rings (SSSR count). The van der Waals surface area contributed by atoms with Crippen LogP contribution in [0.1, 0.15) is 5.56 Å². The number of nitrogens with zero attached hydrogens (tertiary/aromatic N) is 2. The first-order valence-electron chi connectivity index (χ1n) is 6.24. The Labute approximate surface area is 131 Å². The molecule has 0 saturated carbocycles. The van der Waals surface area contributed by atoms with Crippen LogP contribution in [0.3, 0.4) is 0 Å². The SMILES string of the molecule is COc1cc(Cl)c(C)cc1NC(=O)C(=O)Nc1ncccn1. The Morgan fingerprint density at radius 2 is 1.77 bits per heavy atom. The Kier molecular flexibility index (Phi) is 4.90. The molecule has 0 radical (unpaired) electrons. The first-order chi connectivity index (χ1) is 10.5. The maximum atomic E-state index is 11.9. The zero-order chi connectivity index (χ0) is 16.1. The van der Waals surface area contributed by atoms with E-state index < -0.39 is 11.8 Å². The Morgan fingerprint density at radius 1 is 1.14 bits per heavy atom. The summed E-state index contributed by atoms with van der Waals surface area (Å²) in [4.78, 5) is 31.3. The van der Waals surface area contributed by atoms with Crippen molar-refractivity contribution >= 4 is 35.1 Å². The molecule has 0 unspecified atom stereocenters. The van der Waals surface area contributed by atoms with Gasteiger partial charge in [0.05, 0.1) is 12.8 Å². The molecular weight excluding hydrogens is 308 g/mol. The predicted octanol–water partition coefficient (Wildman–Crippen LogP) is 2.02. The van der Waals surface area contributed by atoms with Crippen LogP contribution < -0.4 is 15.4 Å². The van der Waals surface area contributed by atoms with Crippen molar-refractivity contribution in [3.8, 4) is 5.75 Å². The lowest BCUT2D eigenvalue weighted by Gasteiger charge is -2.11. The number of ether oxygens (including phenoxy) is 1. The van der Waals surface area contributed by atoms with Crippen LogP contribution in [-0.4, -0.2) is 28.9 Å². The highest BCUT2D eigenvalue weighted by Crippen LogP contribution is 2.30. The molecule has 0 aliphatic rings. The van der Waals surface area contributed by atoms with E-state index in [0.717, 1.165) is 5.56 Å². The van der Waals surface area contributed by atoms with E-state index in [1.807, 2.05) is 0 Å². The van der Waals surface area contributed by atoms with Crippen LogP contribution in [0.15, 0.2) is 30.6 Å². The molecular formula is C14H13ClN4O3. The van der Waals surface area contributed by atoms with Gasteiger partial charge in [0, 0.05) is 23.5 Å². The topological polar surface area (TPSA) is 93.2 Å². The number of benzene rings is 1. The molecule has 8 heteroatoms. The fraction of sp³-hybridized carbons (Fsp3) is 0.143. The Morgan fingerprint density at radius 3 is 2.41 bits per heavy atom. The van der Waals surface area contributed by atoms with Gasteiger partial charge in [-0.3, -0.25) is 14.9 Å². The van der Waals surface area contributed by atoms with Crippen molar-refractivity contribution in [1.29, 1.82) is 0 Å². The van der Waals surface area contributed by atoms with Gasteiger partial charge in [-0.25, -0.2) is 9.97 Å². The summed E-state index contributed by atoms with van der Waals surface area (Å²) in [5, 5.41) is 5.24. The van der Waals surface area contributed by atoms with Crippen molar-refractivity contribution in [2.45, 2.75) is 6.92 Å². The van der Waals surface area contributed by atoms with Gasteiger partial charge in [0.2, 0.25) is 5.95 Å². The number of aryl methyl sites for hydroxylation is 1. The molecule has 2 amide bonds. The molecule has 1 heterocycles. The number of nitrogens with one attached hydrogen (secondary N) is 2. The average Bonchev–Trinajstić information content (AvgIpc) is 2.51. The largest absolute Gasteiger partial charge is 0.495 e. The summed E-state index contributed by atoms with van der Waals surface area (Å²) in [6, 6.07) is 4.77. The van der Waals surface area contributed by atoms with E-state index >= 15 is 0 Å². The number of amides is 2. The molecule has 114 valence electrons. The summed E-state index contributed by atoms with van der Waals surface area (Å²) in [6.45, 7) is 1.77. The minimum Gasteiger partial charge on any atom is -0.495 e. The highest BCUT2D eigenvalue weighted by Gasteiger charge is 2.17. The van der Waals surface area contributed by atoms with Crippen LogP contribution in [0.2, 0.25) is 5.02 Å². The van der Waals surface area contributed by atoms with Crippen LogP contribution >= 0.6 is 11.6 Å². The first-order valence-corrected chi connectivity index (χ1v) is 6.62. The lowest BCUT2D eigenvalue weighted by atomic mass is 10.2. The van der Waals surface area contributed by atoms with Gasteiger partial charge in [0.1, 0.15) is 5.75 Å². The third kappa shape index (κ3) is 3.70. The van der Waals surface area contributed by atoms with Crippen molar-refractivity contribution in [1.82, 2.24) is 9.97 Å². The van der Waals surface area contributed by atoms with E-state index in [-0.39, 0.29) is 5.95 Å². The molecule has 0 fully saturated rings. The van der Waals surface area contributed by atoms with Gasteiger partial charge in [-0.2, -0.15) is 0 Å². The minimum atomic E-state index is -0.888. The monoisotopic (exact) mass is 320 g/mol. The fourth-order valence-corrected chi connectivity index (χ4v) is 1.78. The van der Waals surface area contributed by atoms with E-state index in [0.29, 0.717) is 16.5 Å². The predicted molar refractivity (Wildman–Crippen MR) is 82.0 cm³/mol. The quantitative estimate of drug-likeness (QED) is 0.844. The lowest BCUT2D eigenvalue weighted by Crippen LogP contribution is -2.30. The molecule has 0 atom stereocenters. The smallest absolute Gasteiger partial charge is 0.316 e. The number of carbonyl (C=O) groups is 2. The van der Waals surface area contributed by atoms with E-state index in [1.165, 1.54) is 19.5 Å². The summed E-state index contributed by atoms with van der Waals surface area (Å²) >= 11 is 5.98. The van der Waals surface area contributed by atoms with Crippen LogP contribution in [0.5, 0.6) is 5.75 Å². The minimum absolute atomic E-state index is 0.0434. The second-order valence-corrected chi connectivity index (χ2v) is 4.69. The molecule has 0 saturated heterocycles. The second-order valence-electron chi connectivity index (χ2n) is 4.28. The highest BCUT2D eigenvalue weighted by molar-refractivity contribution is 6.43. The summed E-state index contributed by atoms with van der Waals surface area (Å²) in [6.07, 6.45) is 2.90. The second kappa shape index (κ2) is 6.86. The molecule has 2 aromatic rings. The van der Waals surface area contributed by atoms with Crippen LogP contribution in [-0.2, 0) is 9.59 Å². The third-order valence-electron chi connectivity index (χ3n) is 2.73. The molecule has 22 heavy (non-hydrogen) atoms. The molecule has 0 aliphatic carbocycles. The highest BCUT2D eigenvalue weighted by atomic mass is 35.5. The van der Waals surface area contributed by atoms with Gasteiger partial charge in [0.25, 0.3) is 0 Å². The van der Waals surface area contributed by atoms with E-state index in [9.17, 15) is 9.59 Å². The van der Waals surface area contributed by atoms with E-state index in [4.69, 9.17) is 16.3 Å². The molecule has 7 nitrogen and oxygen atoms in total. The Balaban J connectivity index is 2.12. The summed E-state index contributed by atoms with van der Waals surface area (Å²) in [7, 11) is 1.44. The van der Waals surface area contributed by atoms with E-state index in [1.54, 1.807) is 25.1 Å². The van der Waals surface area contributed by atoms with Gasteiger partial charge in [-0.05, 0) is 24.6 Å². The number of halogens is 1. The average molecular weight is 321 g/mol.